The number of fused-ring (bicyclic) bond motifs is 6. The lowest BCUT2D eigenvalue weighted by atomic mass is 10.4. The van der Waals surface area contributed by atoms with Crippen molar-refractivity contribution in [2.24, 2.45) is 4.99 Å². The normalized spacial score (nSPS) is 35.2. The molecule has 0 N–H and O–H groups in total. The lowest BCUT2D eigenvalue weighted by Crippen LogP contribution is -2.55. The Morgan fingerprint density at radius 2 is 1.68 bits per heavy atom. The number of hydrogen-bond donors (Lipinski definition) is 0. The van der Waals surface area contributed by atoms with Gasteiger partial charge in [-0.25, -0.2) is 0 Å². The molecule has 3 saturated heterocycles. The summed E-state index contributed by atoms with van der Waals surface area (Å²) in [5.74, 6) is 0. The molecule has 6 nitrogen and oxygen atoms in total. The molecular weight excluding hydrogens is 262 g/mol. The molecule has 0 aliphatic carbocycles. The summed E-state index contributed by atoms with van der Waals surface area (Å²) in [5.41, 5.74) is 0. The Kier molecular flexibility index (Phi) is 4.49. The maximum Gasteiger partial charge on any atom is 0.501 e. The summed E-state index contributed by atoms with van der Waals surface area (Å²) in [4.78, 5) is 8.84. The quantitative estimate of drug-likeness (QED) is 0.683. The highest BCUT2D eigenvalue weighted by molar-refractivity contribution is 6.60. The summed E-state index contributed by atoms with van der Waals surface area (Å²) in [6.45, 7) is 8.29. The molecule has 4 heterocycles. The summed E-state index contributed by atoms with van der Waals surface area (Å²) < 4.78 is 18.0. The van der Waals surface area contributed by atoms with Gasteiger partial charge in [0.2, 0.25) is 0 Å². The van der Waals surface area contributed by atoms with Gasteiger partial charge in [0, 0.05) is 38.8 Å². The fourth-order valence-electron chi connectivity index (χ4n) is 2.75. The van der Waals surface area contributed by atoms with Crippen molar-refractivity contribution < 1.29 is 13.3 Å². The summed E-state index contributed by atoms with van der Waals surface area (Å²) in [6, 6.07) is 0.928. The van der Waals surface area contributed by atoms with Gasteiger partial charge in [-0.2, -0.15) is 0 Å². The summed E-state index contributed by atoms with van der Waals surface area (Å²) in [6.07, 6.45) is 3.01. The van der Waals surface area contributed by atoms with Gasteiger partial charge in [0.15, 0.2) is 0 Å². The number of nitrogens with zero attached hydrogens (tertiary/aromatic N) is 3. The van der Waals surface area contributed by atoms with E-state index in [0.717, 1.165) is 71.6 Å². The molecule has 4 aliphatic heterocycles. The van der Waals surface area contributed by atoms with Crippen molar-refractivity contribution >= 4 is 15.1 Å². The van der Waals surface area contributed by atoms with E-state index in [1.807, 2.05) is 6.34 Å². The number of aliphatic imine (C=N–C) groups is 1. The van der Waals surface area contributed by atoms with Crippen molar-refractivity contribution in [3.8, 4) is 0 Å². The number of hydrogen-bond acceptors (Lipinski definition) is 6. The maximum absolute atomic E-state index is 6.01. The molecule has 4 rings (SSSR count). The minimum Gasteiger partial charge on any atom is -0.372 e. The van der Waals surface area contributed by atoms with Gasteiger partial charge in [-0.05, 0) is 6.42 Å². The second-order valence-electron chi connectivity index (χ2n) is 5.23. The predicted molar refractivity (Wildman–Crippen MR) is 74.4 cm³/mol. The molecule has 108 valence electrons. The van der Waals surface area contributed by atoms with Crippen molar-refractivity contribution in [2.45, 2.75) is 12.5 Å². The Hall–Kier alpha value is -0.473. The van der Waals surface area contributed by atoms with Gasteiger partial charge in [0.05, 0.1) is 32.7 Å². The molecule has 0 aromatic heterocycles. The first kappa shape index (κ1) is 13.5. The second kappa shape index (κ2) is 6.32. The van der Waals surface area contributed by atoms with Crippen molar-refractivity contribution in [2.75, 3.05) is 59.1 Å². The Bertz CT molecular complexity index is 303. The Morgan fingerprint density at radius 3 is 2.26 bits per heavy atom. The highest BCUT2D eigenvalue weighted by atomic mass is 28.4. The van der Waals surface area contributed by atoms with Crippen LogP contribution in [0.25, 0.3) is 0 Å². The predicted octanol–water partition coefficient (Wildman–Crippen LogP) is 0.0383. The average molecular weight is 285 g/mol. The van der Waals surface area contributed by atoms with Crippen LogP contribution in [0.5, 0.6) is 0 Å². The van der Waals surface area contributed by atoms with Crippen LogP contribution < -0.4 is 0 Å². The van der Waals surface area contributed by atoms with Crippen LogP contribution >= 0.6 is 0 Å². The van der Waals surface area contributed by atoms with E-state index in [1.165, 1.54) is 0 Å². The minimum absolute atomic E-state index is 0.747. The van der Waals surface area contributed by atoms with E-state index >= 15 is 0 Å². The molecule has 0 amide bonds. The van der Waals surface area contributed by atoms with Gasteiger partial charge in [0.1, 0.15) is 0 Å². The molecule has 0 saturated carbocycles. The first-order valence-corrected chi connectivity index (χ1v) is 9.18. The first-order chi connectivity index (χ1) is 9.36. The van der Waals surface area contributed by atoms with Crippen LogP contribution in [-0.4, -0.2) is 84.0 Å². The van der Waals surface area contributed by atoms with Crippen molar-refractivity contribution in [3.05, 3.63) is 0 Å². The van der Waals surface area contributed by atoms with Crippen molar-refractivity contribution in [1.29, 1.82) is 0 Å². The summed E-state index contributed by atoms with van der Waals surface area (Å²) in [7, 11) is -2.40. The standard InChI is InChI=1S/C12H23N3O3Si/c1(3-15-4-2-13-12-15)11-19-16-8-5-14(6-9-17-19)7-10-18-19/h12H,1-11H2. The molecule has 4 aliphatic rings. The SMILES string of the molecule is C1=NCCN1CCC[Si]12OCCN(CCO1)CCO2. The first-order valence-electron chi connectivity index (χ1n) is 7.25. The zero-order valence-corrected chi connectivity index (χ0v) is 12.4. The molecule has 3 fully saturated rings. The second-order valence-corrected chi connectivity index (χ2v) is 7.96. The highest BCUT2D eigenvalue weighted by Crippen LogP contribution is 2.22. The van der Waals surface area contributed by atoms with Crippen LogP contribution in [0.15, 0.2) is 4.99 Å². The maximum atomic E-state index is 6.01. The Morgan fingerprint density at radius 1 is 1.00 bits per heavy atom. The third-order valence-corrected chi connectivity index (χ3v) is 6.78. The summed E-state index contributed by atoms with van der Waals surface area (Å²) >= 11 is 0. The molecule has 2 bridgehead atoms. The molecule has 7 heteroatoms. The van der Waals surface area contributed by atoms with Crippen molar-refractivity contribution in [1.82, 2.24) is 9.80 Å². The van der Waals surface area contributed by atoms with Crippen LogP contribution in [0.3, 0.4) is 0 Å². The van der Waals surface area contributed by atoms with Crippen LogP contribution in [0.2, 0.25) is 6.04 Å². The van der Waals surface area contributed by atoms with E-state index < -0.39 is 8.80 Å². The van der Waals surface area contributed by atoms with E-state index in [9.17, 15) is 0 Å². The van der Waals surface area contributed by atoms with Gasteiger partial charge < -0.3 is 18.2 Å². The van der Waals surface area contributed by atoms with E-state index in [-0.39, 0.29) is 0 Å². The van der Waals surface area contributed by atoms with Crippen LogP contribution in [0.4, 0.5) is 0 Å². The fourth-order valence-corrected chi connectivity index (χ4v) is 5.23. The molecule has 0 unspecified atom stereocenters. The summed E-state index contributed by atoms with van der Waals surface area (Å²) in [5, 5.41) is 0. The molecular formula is C12H23N3O3Si. The third kappa shape index (κ3) is 3.54. The van der Waals surface area contributed by atoms with Gasteiger partial charge in [-0.15, -0.1) is 0 Å². The van der Waals surface area contributed by atoms with Gasteiger partial charge in [0.25, 0.3) is 0 Å². The third-order valence-electron chi connectivity index (χ3n) is 3.88. The van der Waals surface area contributed by atoms with Crippen molar-refractivity contribution in [3.63, 3.8) is 0 Å². The lowest BCUT2D eigenvalue weighted by Gasteiger charge is -2.38. The smallest absolute Gasteiger partial charge is 0.372 e. The lowest BCUT2D eigenvalue weighted by molar-refractivity contribution is -0.00865. The van der Waals surface area contributed by atoms with Gasteiger partial charge >= 0.3 is 8.80 Å². The molecule has 0 aromatic rings. The van der Waals surface area contributed by atoms with E-state index in [1.54, 1.807) is 0 Å². The largest absolute Gasteiger partial charge is 0.501 e. The van der Waals surface area contributed by atoms with E-state index in [0.29, 0.717) is 0 Å². The van der Waals surface area contributed by atoms with Gasteiger partial charge in [-0.1, -0.05) is 0 Å². The number of rotatable bonds is 4. The van der Waals surface area contributed by atoms with E-state index in [2.05, 4.69) is 14.8 Å². The monoisotopic (exact) mass is 285 g/mol. The van der Waals surface area contributed by atoms with Gasteiger partial charge in [-0.3, -0.25) is 9.89 Å². The highest BCUT2D eigenvalue weighted by Gasteiger charge is 2.43. The average Bonchev–Trinajstić information content (AvgIpc) is 2.82. The topological polar surface area (TPSA) is 46.5 Å². The molecule has 0 aromatic carbocycles. The Labute approximate surface area is 115 Å². The molecule has 0 radical (unpaired) electrons. The molecule has 0 atom stereocenters. The zero-order valence-electron chi connectivity index (χ0n) is 11.4. The minimum atomic E-state index is -2.40. The van der Waals surface area contributed by atoms with E-state index in [4.69, 9.17) is 13.3 Å². The Balaban J connectivity index is 1.51. The van der Waals surface area contributed by atoms with Crippen LogP contribution in [0.1, 0.15) is 6.42 Å². The molecule has 19 heavy (non-hydrogen) atoms. The zero-order chi connectivity index (χ0) is 13.0. The molecule has 0 spiro atoms. The fraction of sp³-hybridized carbons (Fsp3) is 0.917. The van der Waals surface area contributed by atoms with Crippen LogP contribution in [-0.2, 0) is 13.3 Å². The van der Waals surface area contributed by atoms with Crippen LogP contribution in [0, 0.1) is 0 Å².